The maximum absolute atomic E-state index is 11.0. The van der Waals surface area contributed by atoms with Gasteiger partial charge < -0.3 is 5.11 Å². The lowest BCUT2D eigenvalue weighted by Gasteiger charge is -2.05. The summed E-state index contributed by atoms with van der Waals surface area (Å²) in [5.74, 6) is -1.08. The Labute approximate surface area is 121 Å². The second-order valence-corrected chi connectivity index (χ2v) is 5.37. The molecule has 1 N–H and O–H groups in total. The molecule has 2 rings (SSSR count). The Morgan fingerprint density at radius 3 is 2.40 bits per heavy atom. The number of carbonyl (C=O) groups is 1. The van der Waals surface area contributed by atoms with Crippen LogP contribution in [0.1, 0.15) is 28.4 Å². The molecule has 0 saturated heterocycles. The van der Waals surface area contributed by atoms with Crippen LogP contribution in [0.25, 0.3) is 0 Å². The molecule has 0 radical (unpaired) electrons. The lowest BCUT2D eigenvalue weighted by molar-refractivity contribution is 0.0696. The molecule has 0 atom stereocenters. The molecule has 20 heavy (non-hydrogen) atoms. The summed E-state index contributed by atoms with van der Waals surface area (Å²) >= 11 is 1.51. The minimum atomic E-state index is -1.08. The number of hydrogen-bond acceptors (Lipinski definition) is 3. The van der Waals surface area contributed by atoms with Crippen molar-refractivity contribution in [1.82, 2.24) is 0 Å². The van der Waals surface area contributed by atoms with E-state index < -0.39 is 5.97 Å². The molecular weight excluding hydrogens is 270 g/mol. The van der Waals surface area contributed by atoms with Crippen LogP contribution in [0, 0.1) is 11.3 Å². The summed E-state index contributed by atoms with van der Waals surface area (Å²) in [6.45, 7) is 2.10. The molecule has 2 aromatic carbocycles. The Hall–Kier alpha value is -2.25. The van der Waals surface area contributed by atoms with E-state index >= 15 is 0 Å². The fraction of sp³-hybridized carbons (Fsp3) is 0.125. The highest BCUT2D eigenvalue weighted by Crippen LogP contribution is 2.29. The lowest BCUT2D eigenvalue weighted by Crippen LogP contribution is -1.99. The molecule has 0 spiro atoms. The predicted molar refractivity (Wildman–Crippen MR) is 78.1 cm³/mol. The van der Waals surface area contributed by atoms with Gasteiger partial charge in [-0.15, -0.1) is 0 Å². The van der Waals surface area contributed by atoms with Crippen LogP contribution in [0.15, 0.2) is 52.3 Å². The maximum Gasteiger partial charge on any atom is 0.337 e. The van der Waals surface area contributed by atoms with E-state index in [-0.39, 0.29) is 11.1 Å². The van der Waals surface area contributed by atoms with Crippen LogP contribution in [0.3, 0.4) is 0 Å². The highest BCUT2D eigenvalue weighted by atomic mass is 32.2. The van der Waals surface area contributed by atoms with E-state index in [0.717, 1.165) is 16.2 Å². The molecule has 0 aliphatic heterocycles. The number of carboxylic acids is 1. The van der Waals surface area contributed by atoms with Gasteiger partial charge in [0.25, 0.3) is 0 Å². The van der Waals surface area contributed by atoms with Crippen LogP contribution >= 0.6 is 11.8 Å². The number of aryl methyl sites for hydroxylation is 1. The third-order valence-electron chi connectivity index (χ3n) is 2.91. The van der Waals surface area contributed by atoms with Gasteiger partial charge in [-0.1, -0.05) is 30.8 Å². The first kappa shape index (κ1) is 14.2. The van der Waals surface area contributed by atoms with Crippen LogP contribution < -0.4 is 0 Å². The molecule has 3 nitrogen and oxygen atoms in total. The van der Waals surface area contributed by atoms with Gasteiger partial charge in [-0.25, -0.2) is 4.79 Å². The van der Waals surface area contributed by atoms with E-state index in [9.17, 15) is 4.79 Å². The fourth-order valence-electron chi connectivity index (χ4n) is 1.80. The van der Waals surface area contributed by atoms with Gasteiger partial charge in [0.15, 0.2) is 0 Å². The molecule has 0 bridgehead atoms. The van der Waals surface area contributed by atoms with Gasteiger partial charge in [0.2, 0.25) is 0 Å². The summed E-state index contributed by atoms with van der Waals surface area (Å²) in [6.07, 6.45) is 0.997. The third-order valence-corrected chi connectivity index (χ3v) is 3.91. The van der Waals surface area contributed by atoms with Crippen molar-refractivity contribution >= 4 is 17.7 Å². The number of nitriles is 1. The summed E-state index contributed by atoms with van der Waals surface area (Å²) in [5.41, 5.74) is 1.50. The summed E-state index contributed by atoms with van der Waals surface area (Å²) < 4.78 is 0. The van der Waals surface area contributed by atoms with E-state index in [2.05, 4.69) is 19.1 Å². The Kier molecular flexibility index (Phi) is 4.44. The standard InChI is InChI=1S/C16H13NO2S/c1-2-11-3-5-13(6-4-11)20-14-7-8-15(16(18)19)12(9-14)10-17/h3-9H,2H2,1H3,(H,18,19). The molecule has 0 aliphatic carbocycles. The summed E-state index contributed by atoms with van der Waals surface area (Å²) in [6, 6.07) is 14.9. The molecule has 0 aliphatic rings. The predicted octanol–water partition coefficient (Wildman–Crippen LogP) is 3.97. The monoisotopic (exact) mass is 283 g/mol. The van der Waals surface area contributed by atoms with E-state index in [1.165, 1.54) is 23.4 Å². The third kappa shape index (κ3) is 3.19. The van der Waals surface area contributed by atoms with Gasteiger partial charge >= 0.3 is 5.97 Å². The molecule has 0 heterocycles. The Morgan fingerprint density at radius 1 is 1.20 bits per heavy atom. The second-order valence-electron chi connectivity index (χ2n) is 4.22. The number of carboxylic acid groups (broad SMARTS) is 1. The van der Waals surface area contributed by atoms with Crippen molar-refractivity contribution in [2.24, 2.45) is 0 Å². The number of rotatable bonds is 4. The highest BCUT2D eigenvalue weighted by molar-refractivity contribution is 7.99. The van der Waals surface area contributed by atoms with E-state index in [1.54, 1.807) is 12.1 Å². The topological polar surface area (TPSA) is 61.1 Å². The summed E-state index contributed by atoms with van der Waals surface area (Å²) in [4.78, 5) is 12.9. The molecule has 0 saturated carbocycles. The van der Waals surface area contributed by atoms with Crippen molar-refractivity contribution in [1.29, 1.82) is 5.26 Å². The Bertz CT molecular complexity index is 672. The molecular formula is C16H13NO2S. The molecule has 4 heteroatoms. The van der Waals surface area contributed by atoms with Crippen molar-refractivity contribution < 1.29 is 9.90 Å². The van der Waals surface area contributed by atoms with Gasteiger partial charge in [-0.05, 0) is 42.3 Å². The maximum atomic E-state index is 11.0. The minimum absolute atomic E-state index is 0.0400. The van der Waals surface area contributed by atoms with E-state index in [0.29, 0.717) is 0 Å². The van der Waals surface area contributed by atoms with Gasteiger partial charge in [-0.2, -0.15) is 5.26 Å². The van der Waals surface area contributed by atoms with Crippen LogP contribution in [-0.2, 0) is 6.42 Å². The molecule has 0 fully saturated rings. The van der Waals surface area contributed by atoms with Crippen LogP contribution in [0.2, 0.25) is 0 Å². The van der Waals surface area contributed by atoms with E-state index in [1.807, 2.05) is 18.2 Å². The normalized spacial score (nSPS) is 10.0. The van der Waals surface area contributed by atoms with Gasteiger partial charge in [-0.3, -0.25) is 0 Å². The first-order valence-corrected chi connectivity index (χ1v) is 7.00. The number of hydrogen-bond donors (Lipinski definition) is 1. The average Bonchev–Trinajstić information content (AvgIpc) is 2.47. The Morgan fingerprint density at radius 2 is 1.85 bits per heavy atom. The molecule has 100 valence electrons. The van der Waals surface area contributed by atoms with Crippen molar-refractivity contribution in [2.75, 3.05) is 0 Å². The second kappa shape index (κ2) is 6.27. The largest absolute Gasteiger partial charge is 0.478 e. The zero-order valence-electron chi connectivity index (χ0n) is 11.0. The summed E-state index contributed by atoms with van der Waals surface area (Å²) in [7, 11) is 0. The summed E-state index contributed by atoms with van der Waals surface area (Å²) in [5, 5.41) is 18.0. The number of benzene rings is 2. The zero-order valence-corrected chi connectivity index (χ0v) is 11.8. The fourth-order valence-corrected chi connectivity index (χ4v) is 2.65. The highest BCUT2D eigenvalue weighted by Gasteiger charge is 2.10. The first-order valence-electron chi connectivity index (χ1n) is 6.18. The van der Waals surface area contributed by atoms with Gasteiger partial charge in [0.05, 0.1) is 11.1 Å². The Balaban J connectivity index is 2.25. The van der Waals surface area contributed by atoms with Crippen molar-refractivity contribution in [3.63, 3.8) is 0 Å². The molecule has 2 aromatic rings. The zero-order chi connectivity index (χ0) is 14.5. The smallest absolute Gasteiger partial charge is 0.337 e. The van der Waals surface area contributed by atoms with Gasteiger partial charge in [0, 0.05) is 9.79 Å². The van der Waals surface area contributed by atoms with Crippen molar-refractivity contribution in [3.8, 4) is 6.07 Å². The van der Waals surface area contributed by atoms with Crippen LogP contribution in [-0.4, -0.2) is 11.1 Å². The number of nitrogens with zero attached hydrogens (tertiary/aromatic N) is 1. The average molecular weight is 283 g/mol. The molecule has 0 amide bonds. The van der Waals surface area contributed by atoms with Crippen LogP contribution in [0.5, 0.6) is 0 Å². The lowest BCUT2D eigenvalue weighted by atomic mass is 10.1. The molecule has 0 unspecified atom stereocenters. The van der Waals surface area contributed by atoms with E-state index in [4.69, 9.17) is 10.4 Å². The van der Waals surface area contributed by atoms with Crippen molar-refractivity contribution in [3.05, 3.63) is 59.2 Å². The molecule has 0 aromatic heterocycles. The minimum Gasteiger partial charge on any atom is -0.478 e. The quantitative estimate of drug-likeness (QED) is 0.922. The first-order chi connectivity index (χ1) is 9.63. The van der Waals surface area contributed by atoms with Crippen molar-refractivity contribution in [2.45, 2.75) is 23.1 Å². The van der Waals surface area contributed by atoms with Gasteiger partial charge in [0.1, 0.15) is 6.07 Å². The SMILES string of the molecule is CCc1ccc(Sc2ccc(C(=O)O)c(C#N)c2)cc1. The number of aromatic carboxylic acids is 1. The van der Waals surface area contributed by atoms with Crippen LogP contribution in [0.4, 0.5) is 0 Å².